The van der Waals surface area contributed by atoms with Crippen LogP contribution in [0.4, 0.5) is 0 Å². The monoisotopic (exact) mass is 215 g/mol. The Labute approximate surface area is 95.7 Å². The van der Waals surface area contributed by atoms with Gasteiger partial charge in [-0.05, 0) is 34.9 Å². The van der Waals surface area contributed by atoms with Crippen molar-refractivity contribution in [1.82, 2.24) is 0 Å². The molecule has 2 rings (SSSR count). The van der Waals surface area contributed by atoms with Crippen molar-refractivity contribution in [2.45, 2.75) is 12.8 Å². The molecule has 0 aliphatic carbocycles. The van der Waals surface area contributed by atoms with Crippen LogP contribution in [0.3, 0.4) is 0 Å². The van der Waals surface area contributed by atoms with E-state index in [2.05, 4.69) is 48.7 Å². The average Bonchev–Trinajstić information content (AvgIpc) is 2.29. The highest BCUT2D eigenvalue weighted by Crippen LogP contribution is 2.17. The fraction of sp³-hybridized carbons (Fsp3) is 0.214. The van der Waals surface area contributed by atoms with Gasteiger partial charge in [-0.1, -0.05) is 42.5 Å². The second kappa shape index (κ2) is 5.22. The number of aryl methyl sites for hydroxylation is 1. The van der Waals surface area contributed by atoms with Crippen LogP contribution in [0.1, 0.15) is 12.0 Å². The largest absolute Gasteiger partial charge is 0.161 e. The van der Waals surface area contributed by atoms with Gasteiger partial charge in [-0.15, -0.1) is 0 Å². The number of hydrogen-bond acceptors (Lipinski definition) is 1. The average molecular weight is 215 g/mol. The molecule has 2 aromatic rings. The number of hydrogen-bond donors (Lipinski definition) is 0. The van der Waals surface area contributed by atoms with Gasteiger partial charge in [0.2, 0.25) is 0 Å². The van der Waals surface area contributed by atoms with Crippen molar-refractivity contribution in [3.05, 3.63) is 54.3 Å². The molecule has 0 spiro atoms. The van der Waals surface area contributed by atoms with Crippen LogP contribution in [0.2, 0.25) is 0 Å². The molecule has 0 aromatic heterocycles. The summed E-state index contributed by atoms with van der Waals surface area (Å²) in [4.78, 5) is 0. The summed E-state index contributed by atoms with van der Waals surface area (Å²) >= 11 is 1.67. The molecule has 0 nitrogen and oxygen atoms in total. The molecule has 0 N–H and O–H groups in total. The van der Waals surface area contributed by atoms with Gasteiger partial charge in [0.25, 0.3) is 0 Å². The Morgan fingerprint density at radius 2 is 1.80 bits per heavy atom. The Kier molecular flexibility index (Phi) is 3.68. The zero-order valence-electron chi connectivity index (χ0n) is 8.78. The van der Waals surface area contributed by atoms with Crippen LogP contribution in [0.5, 0.6) is 0 Å². The fourth-order valence-electron chi connectivity index (χ4n) is 1.77. The smallest absolute Gasteiger partial charge is 0.00235 e. The summed E-state index contributed by atoms with van der Waals surface area (Å²) in [6.45, 7) is 0. The van der Waals surface area contributed by atoms with Crippen LogP contribution < -0.4 is 0 Å². The number of thioether (sulfide) groups is 1. The van der Waals surface area contributed by atoms with Crippen LogP contribution in [-0.2, 0) is 6.42 Å². The molecule has 15 heavy (non-hydrogen) atoms. The predicted octanol–water partition coefficient (Wildman–Crippen LogP) is 4.30. The number of benzene rings is 2. The minimum absolute atomic E-state index is 1.15. The summed E-state index contributed by atoms with van der Waals surface area (Å²) in [6, 6.07) is 15.3. The molecule has 0 bridgehead atoms. The SMILES string of the molecule is [CH2]SCCCc1ccc2ccccc2c1. The second-order valence-corrected chi connectivity index (χ2v) is 4.51. The molecule has 77 valence electrons. The lowest BCUT2D eigenvalue weighted by Crippen LogP contribution is -1.87. The van der Waals surface area contributed by atoms with Crippen LogP contribution in [-0.4, -0.2) is 5.75 Å². The van der Waals surface area contributed by atoms with E-state index >= 15 is 0 Å². The van der Waals surface area contributed by atoms with Crippen molar-refractivity contribution >= 4 is 22.5 Å². The van der Waals surface area contributed by atoms with Crippen molar-refractivity contribution < 1.29 is 0 Å². The van der Waals surface area contributed by atoms with Crippen LogP contribution in [0.15, 0.2) is 42.5 Å². The maximum Gasteiger partial charge on any atom is 0.00235 e. The zero-order chi connectivity index (χ0) is 10.5. The lowest BCUT2D eigenvalue weighted by Gasteiger charge is -2.03. The van der Waals surface area contributed by atoms with Gasteiger partial charge in [-0.2, -0.15) is 11.8 Å². The van der Waals surface area contributed by atoms with Gasteiger partial charge in [0, 0.05) is 6.26 Å². The Bertz CT molecular complexity index is 434. The summed E-state index contributed by atoms with van der Waals surface area (Å²) in [7, 11) is 0. The molecule has 0 aliphatic heterocycles. The Hall–Kier alpha value is -0.950. The molecule has 1 radical (unpaired) electrons. The van der Waals surface area contributed by atoms with E-state index in [1.165, 1.54) is 22.8 Å². The highest BCUT2D eigenvalue weighted by Gasteiger charge is 1.95. The van der Waals surface area contributed by atoms with Gasteiger partial charge >= 0.3 is 0 Å². The van der Waals surface area contributed by atoms with E-state index in [-0.39, 0.29) is 0 Å². The normalized spacial score (nSPS) is 10.7. The third kappa shape index (κ3) is 2.75. The second-order valence-electron chi connectivity index (χ2n) is 3.69. The van der Waals surface area contributed by atoms with Crippen molar-refractivity contribution in [2.75, 3.05) is 5.75 Å². The first kappa shape index (κ1) is 10.6. The lowest BCUT2D eigenvalue weighted by molar-refractivity contribution is 0.937. The predicted molar refractivity (Wildman–Crippen MR) is 70.1 cm³/mol. The first-order valence-corrected chi connectivity index (χ1v) is 6.40. The van der Waals surface area contributed by atoms with Gasteiger partial charge in [0.15, 0.2) is 0 Å². The lowest BCUT2D eigenvalue weighted by atomic mass is 10.0. The third-order valence-corrected chi connectivity index (χ3v) is 3.15. The van der Waals surface area contributed by atoms with E-state index < -0.39 is 0 Å². The molecule has 0 amide bonds. The first-order chi connectivity index (χ1) is 7.40. The van der Waals surface area contributed by atoms with Gasteiger partial charge in [0.1, 0.15) is 0 Å². The van der Waals surface area contributed by atoms with Gasteiger partial charge < -0.3 is 0 Å². The highest BCUT2D eigenvalue weighted by atomic mass is 32.2. The minimum atomic E-state index is 1.15. The molecule has 0 atom stereocenters. The summed E-state index contributed by atoms with van der Waals surface area (Å²) in [5.41, 5.74) is 1.43. The maximum absolute atomic E-state index is 3.78. The summed E-state index contributed by atoms with van der Waals surface area (Å²) < 4.78 is 0. The third-order valence-electron chi connectivity index (χ3n) is 2.57. The van der Waals surface area contributed by atoms with Crippen LogP contribution in [0.25, 0.3) is 10.8 Å². The van der Waals surface area contributed by atoms with E-state index in [0.717, 1.165) is 12.2 Å². The minimum Gasteiger partial charge on any atom is -0.161 e. The standard InChI is InChI=1S/C14H15S/c1-15-10-4-5-12-8-9-13-6-2-3-7-14(13)11-12/h2-3,6-9,11H,1,4-5,10H2. The van der Waals surface area contributed by atoms with Crippen molar-refractivity contribution in [3.8, 4) is 0 Å². The van der Waals surface area contributed by atoms with Crippen molar-refractivity contribution in [1.29, 1.82) is 0 Å². The molecule has 0 fully saturated rings. The molecular formula is C14H15S. The molecule has 1 heteroatoms. The number of rotatable bonds is 4. The zero-order valence-corrected chi connectivity index (χ0v) is 9.59. The molecule has 0 aliphatic rings. The van der Waals surface area contributed by atoms with E-state index in [0.29, 0.717) is 0 Å². The molecule has 0 unspecified atom stereocenters. The molecule has 0 saturated heterocycles. The first-order valence-electron chi connectivity index (χ1n) is 5.25. The van der Waals surface area contributed by atoms with E-state index in [9.17, 15) is 0 Å². The van der Waals surface area contributed by atoms with Gasteiger partial charge in [-0.3, -0.25) is 0 Å². The Balaban J connectivity index is 2.16. The summed E-state index contributed by atoms with van der Waals surface area (Å²) in [5.74, 6) is 1.15. The van der Waals surface area contributed by atoms with Crippen molar-refractivity contribution in [2.24, 2.45) is 0 Å². The highest BCUT2D eigenvalue weighted by molar-refractivity contribution is 8.00. The summed E-state index contributed by atoms with van der Waals surface area (Å²) in [5, 5.41) is 2.67. The van der Waals surface area contributed by atoms with Gasteiger partial charge in [0.05, 0.1) is 0 Å². The van der Waals surface area contributed by atoms with Gasteiger partial charge in [-0.25, -0.2) is 0 Å². The summed E-state index contributed by atoms with van der Waals surface area (Å²) in [6.07, 6.45) is 6.16. The molecule has 0 saturated carbocycles. The quantitative estimate of drug-likeness (QED) is 0.685. The molecular weight excluding hydrogens is 200 g/mol. The van der Waals surface area contributed by atoms with E-state index in [1.54, 1.807) is 11.8 Å². The molecule has 2 aromatic carbocycles. The Morgan fingerprint density at radius 3 is 2.60 bits per heavy atom. The maximum atomic E-state index is 3.78. The van der Waals surface area contributed by atoms with Crippen LogP contribution in [0, 0.1) is 6.26 Å². The van der Waals surface area contributed by atoms with E-state index in [1.807, 2.05) is 0 Å². The van der Waals surface area contributed by atoms with Crippen molar-refractivity contribution in [3.63, 3.8) is 0 Å². The molecule has 0 heterocycles. The van der Waals surface area contributed by atoms with Crippen LogP contribution >= 0.6 is 11.8 Å². The van der Waals surface area contributed by atoms with E-state index in [4.69, 9.17) is 0 Å². The fourth-order valence-corrected chi connectivity index (χ4v) is 2.12. The number of fused-ring (bicyclic) bond motifs is 1. The Morgan fingerprint density at radius 1 is 1.00 bits per heavy atom. The topological polar surface area (TPSA) is 0 Å².